The van der Waals surface area contributed by atoms with Crippen molar-refractivity contribution in [3.63, 3.8) is 0 Å². The summed E-state index contributed by atoms with van der Waals surface area (Å²) in [6.45, 7) is 7.20. The number of rotatable bonds is 15. The van der Waals surface area contributed by atoms with Gasteiger partial charge in [-0.25, -0.2) is 14.6 Å². The number of fused-ring (bicyclic) bond motifs is 5. The molecule has 18 heteroatoms. The molecule has 0 spiro atoms. The number of nitrogens with two attached hydrogens (primary N) is 1. The second-order valence-corrected chi connectivity index (χ2v) is 16.8. The Labute approximate surface area is 369 Å². The van der Waals surface area contributed by atoms with Gasteiger partial charge in [-0.2, -0.15) is 0 Å². The smallest absolute Gasteiger partial charge is 0.355 e. The molecule has 7 rings (SSSR count). The molecule has 63 heavy (non-hydrogen) atoms. The minimum absolute atomic E-state index is 0.0471. The topological polar surface area (TPSA) is 235 Å². The molecule has 1 fully saturated rings. The number of cyclic esters (lactones) is 1. The highest BCUT2D eigenvalue weighted by Gasteiger charge is 2.52. The molecule has 17 nitrogen and oxygen atoms in total. The number of carbonyl (C=O) groups is 3. The summed E-state index contributed by atoms with van der Waals surface area (Å²) in [5.74, 6) is -2.37. The van der Waals surface area contributed by atoms with E-state index in [9.17, 15) is 29.4 Å². The molecule has 2 aromatic carbocycles. The number of hydrogen-bond acceptors (Lipinski definition) is 14. The van der Waals surface area contributed by atoms with E-state index < -0.39 is 72.2 Å². The maximum Gasteiger partial charge on any atom is 0.355 e. The standard InChI is InChI=1S/C45H54N6O11S/c1-6-45(30-20-33-35-26(19-25-11-7-8-12-31(25)48-35)21-51(33)40(55)29(30)22-59-43(45)57)62-41(56)34(23(2)3)50-39(54)32(13-9-10-18-46)49-44(63)47-27-14-16-28(17-15-27)61-42-37(53)38(58-5)36(52)24(4)60-42/h7-8,11-12,14-17,19-20,23-24,32,34,36-38,42,52-53H,6,9-10,13,18,21-22,46H2,1-5H3,(H,50,54)(H2,47,49,63)/t24-,32-,34-,36+,37-,38+,42+,45-/m0/s1. The number of esters is 2. The van der Waals surface area contributed by atoms with E-state index in [-0.39, 0.29) is 41.4 Å². The van der Waals surface area contributed by atoms with Gasteiger partial charge in [0.25, 0.3) is 5.56 Å². The van der Waals surface area contributed by atoms with Crippen molar-refractivity contribution in [1.29, 1.82) is 0 Å². The van der Waals surface area contributed by atoms with Gasteiger partial charge >= 0.3 is 11.9 Å². The van der Waals surface area contributed by atoms with E-state index in [2.05, 4.69) is 16.0 Å². The number of aliphatic hydroxyl groups is 2. The monoisotopic (exact) mass is 886 g/mol. The van der Waals surface area contributed by atoms with Crippen molar-refractivity contribution < 1.29 is 48.3 Å². The third kappa shape index (κ3) is 9.14. The lowest BCUT2D eigenvalue weighted by Crippen LogP contribution is -2.59. The molecule has 1 saturated heterocycles. The van der Waals surface area contributed by atoms with Gasteiger partial charge in [0.2, 0.25) is 17.8 Å². The summed E-state index contributed by atoms with van der Waals surface area (Å²) in [4.78, 5) is 61.1. The van der Waals surface area contributed by atoms with Crippen LogP contribution in [-0.2, 0) is 52.1 Å². The summed E-state index contributed by atoms with van der Waals surface area (Å²) in [6.07, 6.45) is -3.43. The van der Waals surface area contributed by atoms with Gasteiger partial charge in [0.05, 0.1) is 35.1 Å². The molecule has 3 aliphatic heterocycles. The first kappa shape index (κ1) is 45.5. The number of nitrogens with one attached hydrogen (secondary N) is 3. The number of anilines is 1. The summed E-state index contributed by atoms with van der Waals surface area (Å²) in [6, 6.07) is 15.8. The van der Waals surface area contributed by atoms with E-state index in [4.69, 9.17) is 46.6 Å². The van der Waals surface area contributed by atoms with Crippen molar-refractivity contribution in [2.45, 2.75) is 115 Å². The number of thiocarbonyl (C=S) groups is 1. The van der Waals surface area contributed by atoms with Crippen LogP contribution in [0.5, 0.6) is 5.75 Å². The zero-order valence-corrected chi connectivity index (χ0v) is 36.6. The van der Waals surface area contributed by atoms with Crippen LogP contribution in [-0.4, -0.2) is 99.2 Å². The fourth-order valence-corrected chi connectivity index (χ4v) is 8.54. The largest absolute Gasteiger partial charge is 0.462 e. The van der Waals surface area contributed by atoms with Gasteiger partial charge in [0.15, 0.2) is 5.11 Å². The molecule has 0 radical (unpaired) electrons. The fourth-order valence-electron chi connectivity index (χ4n) is 8.28. The van der Waals surface area contributed by atoms with Gasteiger partial charge in [0, 0.05) is 29.3 Å². The molecule has 7 N–H and O–H groups in total. The normalized spacial score (nSPS) is 23.4. The highest BCUT2D eigenvalue weighted by atomic mass is 32.1. The SMILES string of the molecule is CC[C@@]1(OC(=O)[C@@H](NC(=O)[C@H](CCCCN)NC(=S)Nc2ccc(O[C@H]3O[C@@H](C)[C@@H](O)[C@@H](OC)[C@@H]3O)cc2)C(C)C)C(=O)OCc2c1cc1n(c2=O)Cc2cc3ccccc3nc2-1. The van der Waals surface area contributed by atoms with Crippen LogP contribution in [0.3, 0.4) is 0 Å². The van der Waals surface area contributed by atoms with Crippen LogP contribution in [0.1, 0.15) is 70.1 Å². The zero-order valence-electron chi connectivity index (χ0n) is 35.8. The Morgan fingerprint density at radius 2 is 1.81 bits per heavy atom. The van der Waals surface area contributed by atoms with Crippen molar-refractivity contribution in [3.8, 4) is 17.1 Å². The van der Waals surface area contributed by atoms with Crippen LogP contribution in [0.2, 0.25) is 0 Å². The van der Waals surface area contributed by atoms with E-state index in [0.29, 0.717) is 48.6 Å². The first-order valence-corrected chi connectivity index (χ1v) is 21.6. The molecule has 4 aromatic rings. The number of aromatic nitrogens is 2. The van der Waals surface area contributed by atoms with Crippen molar-refractivity contribution in [1.82, 2.24) is 20.2 Å². The Morgan fingerprint density at radius 3 is 2.51 bits per heavy atom. The predicted molar refractivity (Wildman–Crippen MR) is 235 cm³/mol. The predicted octanol–water partition coefficient (Wildman–Crippen LogP) is 3.12. The van der Waals surface area contributed by atoms with E-state index in [1.807, 2.05) is 30.3 Å². The summed E-state index contributed by atoms with van der Waals surface area (Å²) < 4.78 is 30.1. The van der Waals surface area contributed by atoms with Gasteiger partial charge in [0.1, 0.15) is 42.8 Å². The molecule has 336 valence electrons. The first-order chi connectivity index (χ1) is 30.2. The highest BCUT2D eigenvalue weighted by molar-refractivity contribution is 7.80. The number of hydrogen-bond donors (Lipinski definition) is 6. The Hall–Kier alpha value is -5.50. The second-order valence-electron chi connectivity index (χ2n) is 16.4. The van der Waals surface area contributed by atoms with Crippen LogP contribution in [0.4, 0.5) is 5.69 Å². The molecular weight excluding hydrogens is 833 g/mol. The third-order valence-electron chi connectivity index (χ3n) is 11.9. The van der Waals surface area contributed by atoms with Gasteiger partial charge < -0.3 is 60.1 Å². The molecule has 2 aromatic heterocycles. The molecule has 1 amide bonds. The van der Waals surface area contributed by atoms with Gasteiger partial charge in [-0.1, -0.05) is 39.0 Å². The van der Waals surface area contributed by atoms with E-state index in [0.717, 1.165) is 16.5 Å². The Morgan fingerprint density at radius 1 is 1.06 bits per heavy atom. The summed E-state index contributed by atoms with van der Waals surface area (Å²) in [7, 11) is 1.39. The van der Waals surface area contributed by atoms with Crippen LogP contribution >= 0.6 is 12.2 Å². The number of unbranched alkanes of at least 4 members (excludes halogenated alkanes) is 1. The Balaban J connectivity index is 1.06. The molecular formula is C45H54N6O11S. The van der Waals surface area contributed by atoms with Crippen LogP contribution in [0, 0.1) is 5.92 Å². The summed E-state index contributed by atoms with van der Waals surface area (Å²) in [5.41, 5.74) is 7.11. The molecule has 3 aliphatic rings. The molecule has 8 atom stereocenters. The molecule has 0 saturated carbocycles. The average molecular weight is 887 g/mol. The number of nitrogens with zero attached hydrogens (tertiary/aromatic N) is 2. The third-order valence-corrected chi connectivity index (χ3v) is 12.1. The van der Waals surface area contributed by atoms with Crippen molar-refractivity contribution in [2.24, 2.45) is 11.7 Å². The number of benzene rings is 2. The quantitative estimate of drug-likeness (QED) is 0.0504. The van der Waals surface area contributed by atoms with E-state index in [1.54, 1.807) is 62.6 Å². The number of amides is 1. The van der Waals surface area contributed by atoms with Crippen molar-refractivity contribution in [2.75, 3.05) is 19.0 Å². The number of aliphatic hydroxyl groups excluding tert-OH is 2. The van der Waals surface area contributed by atoms with Crippen LogP contribution in [0.25, 0.3) is 22.3 Å². The summed E-state index contributed by atoms with van der Waals surface area (Å²) in [5, 5.41) is 30.9. The van der Waals surface area contributed by atoms with E-state index >= 15 is 0 Å². The van der Waals surface area contributed by atoms with Gasteiger partial charge in [-0.05, 0) is 99.8 Å². The Bertz CT molecular complexity index is 2430. The molecule has 0 aliphatic carbocycles. The van der Waals surface area contributed by atoms with Crippen LogP contribution < -0.4 is 32.0 Å². The maximum absolute atomic E-state index is 14.3. The van der Waals surface area contributed by atoms with Crippen LogP contribution in [0.15, 0.2) is 65.5 Å². The zero-order chi connectivity index (χ0) is 45.2. The maximum atomic E-state index is 14.3. The lowest BCUT2D eigenvalue weighted by molar-refractivity contribution is -0.272. The number of para-hydroxylation sites is 1. The van der Waals surface area contributed by atoms with Gasteiger partial charge in [-0.15, -0.1) is 0 Å². The van der Waals surface area contributed by atoms with Gasteiger partial charge in [-0.3, -0.25) is 9.59 Å². The number of methoxy groups -OCH3 is 1. The number of ether oxygens (including phenoxy) is 5. The van der Waals surface area contributed by atoms with Crippen molar-refractivity contribution in [3.05, 3.63) is 87.7 Å². The summed E-state index contributed by atoms with van der Waals surface area (Å²) >= 11 is 5.61. The van der Waals surface area contributed by atoms with Crippen molar-refractivity contribution >= 4 is 51.8 Å². The lowest BCUT2D eigenvalue weighted by Gasteiger charge is -2.40. The van der Waals surface area contributed by atoms with E-state index in [1.165, 1.54) is 7.11 Å². The fraction of sp³-hybridized carbons (Fsp3) is 0.467. The first-order valence-electron chi connectivity index (χ1n) is 21.1. The number of carbonyl (C=O) groups excluding carboxylic acids is 3. The molecule has 0 unspecified atom stereocenters. The number of pyridine rings is 2. The minimum atomic E-state index is -1.97. The highest BCUT2D eigenvalue weighted by Crippen LogP contribution is 2.41. The Kier molecular flexibility index (Phi) is 13.8. The average Bonchev–Trinajstić information content (AvgIpc) is 3.62. The molecule has 5 heterocycles. The lowest BCUT2D eigenvalue weighted by atomic mass is 9.85. The molecule has 0 bridgehead atoms. The minimum Gasteiger partial charge on any atom is -0.462 e. The second kappa shape index (κ2) is 19.1.